The largest absolute Gasteiger partial charge is 0.508 e. The first-order valence-corrected chi connectivity index (χ1v) is 4.71. The zero-order valence-corrected chi connectivity index (χ0v) is 7.48. The number of para-hydroxylation sites is 1. The summed E-state index contributed by atoms with van der Waals surface area (Å²) < 4.78 is 0. The highest BCUT2D eigenvalue weighted by molar-refractivity contribution is 5.36. The molecule has 2 unspecified atom stereocenters. The number of phenols is 1. The van der Waals surface area contributed by atoms with Crippen LogP contribution in [0.2, 0.25) is 0 Å². The molecule has 0 amide bonds. The van der Waals surface area contributed by atoms with Gasteiger partial charge in [0.2, 0.25) is 0 Å². The fourth-order valence-electron chi connectivity index (χ4n) is 2.00. The van der Waals surface area contributed by atoms with E-state index in [9.17, 15) is 5.11 Å². The number of benzene rings is 1. The molecule has 1 fully saturated rings. The maximum absolute atomic E-state index is 9.58. The molecule has 0 aliphatic heterocycles. The van der Waals surface area contributed by atoms with Crippen molar-refractivity contribution in [1.29, 1.82) is 0 Å². The molecule has 13 heavy (non-hydrogen) atoms. The molecule has 0 heterocycles. The van der Waals surface area contributed by atoms with Crippen molar-refractivity contribution in [2.45, 2.75) is 18.8 Å². The van der Waals surface area contributed by atoms with Gasteiger partial charge in [-0.05, 0) is 36.3 Å². The standard InChI is InChI=1S/C11H14O2/c12-7-8-5-6-9(8)10-3-1-2-4-11(10)13/h1-4,8-9,12-13H,5-7H2. The monoisotopic (exact) mass is 178 g/mol. The van der Waals surface area contributed by atoms with Crippen molar-refractivity contribution in [1.82, 2.24) is 0 Å². The molecule has 2 rings (SSSR count). The molecular formula is C11H14O2. The van der Waals surface area contributed by atoms with Gasteiger partial charge in [-0.3, -0.25) is 0 Å². The number of phenolic OH excluding ortho intramolecular Hbond substituents is 1. The van der Waals surface area contributed by atoms with Crippen LogP contribution in [0.25, 0.3) is 0 Å². The third kappa shape index (κ3) is 1.42. The van der Waals surface area contributed by atoms with E-state index in [1.165, 1.54) is 0 Å². The van der Waals surface area contributed by atoms with Crippen molar-refractivity contribution in [3.8, 4) is 5.75 Å². The molecule has 2 N–H and O–H groups in total. The van der Waals surface area contributed by atoms with Crippen LogP contribution in [-0.4, -0.2) is 16.8 Å². The number of aliphatic hydroxyl groups is 1. The minimum atomic E-state index is 0.235. The summed E-state index contributed by atoms with van der Waals surface area (Å²) in [5.74, 6) is 1.09. The minimum absolute atomic E-state index is 0.235. The highest BCUT2D eigenvalue weighted by atomic mass is 16.3. The maximum Gasteiger partial charge on any atom is 0.119 e. The molecule has 0 bridgehead atoms. The Kier molecular flexibility index (Phi) is 2.23. The molecule has 0 saturated heterocycles. The SMILES string of the molecule is OCC1CCC1c1ccccc1O. The predicted octanol–water partition coefficient (Wildman–Crippen LogP) is 1.88. The molecule has 1 saturated carbocycles. The van der Waals surface area contributed by atoms with E-state index in [0.29, 0.717) is 17.6 Å². The first kappa shape index (κ1) is 8.57. The average Bonchev–Trinajstić information content (AvgIpc) is 2.08. The van der Waals surface area contributed by atoms with Gasteiger partial charge in [0.1, 0.15) is 5.75 Å². The summed E-state index contributed by atoms with van der Waals surface area (Å²) in [5, 5.41) is 18.6. The van der Waals surface area contributed by atoms with Crippen molar-refractivity contribution >= 4 is 0 Å². The van der Waals surface area contributed by atoms with Crippen LogP contribution in [0, 0.1) is 5.92 Å². The zero-order chi connectivity index (χ0) is 9.26. The fourth-order valence-corrected chi connectivity index (χ4v) is 2.00. The van der Waals surface area contributed by atoms with Crippen LogP contribution >= 0.6 is 0 Å². The van der Waals surface area contributed by atoms with Crippen molar-refractivity contribution in [3.63, 3.8) is 0 Å². The molecule has 2 nitrogen and oxygen atoms in total. The topological polar surface area (TPSA) is 40.5 Å². The van der Waals surface area contributed by atoms with Gasteiger partial charge in [-0.2, -0.15) is 0 Å². The van der Waals surface area contributed by atoms with Gasteiger partial charge in [-0.15, -0.1) is 0 Å². The van der Waals surface area contributed by atoms with Crippen LogP contribution < -0.4 is 0 Å². The molecule has 1 aliphatic carbocycles. The van der Waals surface area contributed by atoms with E-state index in [1.807, 2.05) is 18.2 Å². The quantitative estimate of drug-likeness (QED) is 0.726. The second-order valence-electron chi connectivity index (χ2n) is 3.69. The summed E-state index contributed by atoms with van der Waals surface area (Å²) in [6.45, 7) is 0.235. The van der Waals surface area contributed by atoms with Gasteiger partial charge in [0.05, 0.1) is 0 Å². The second-order valence-corrected chi connectivity index (χ2v) is 3.69. The zero-order valence-electron chi connectivity index (χ0n) is 7.48. The van der Waals surface area contributed by atoms with Crippen LogP contribution in [0.4, 0.5) is 0 Å². The Bertz CT molecular complexity index is 294. The van der Waals surface area contributed by atoms with Gasteiger partial charge in [-0.25, -0.2) is 0 Å². The van der Waals surface area contributed by atoms with Crippen LogP contribution in [0.15, 0.2) is 24.3 Å². The van der Waals surface area contributed by atoms with E-state index in [0.717, 1.165) is 18.4 Å². The predicted molar refractivity (Wildman–Crippen MR) is 50.7 cm³/mol. The van der Waals surface area contributed by atoms with E-state index in [4.69, 9.17) is 5.11 Å². The Morgan fingerprint density at radius 1 is 1.23 bits per heavy atom. The van der Waals surface area contributed by atoms with Crippen LogP contribution in [0.3, 0.4) is 0 Å². The lowest BCUT2D eigenvalue weighted by atomic mass is 9.70. The molecule has 0 spiro atoms. The second kappa shape index (κ2) is 3.38. The van der Waals surface area contributed by atoms with Gasteiger partial charge in [0.25, 0.3) is 0 Å². The Hall–Kier alpha value is -1.02. The van der Waals surface area contributed by atoms with Crippen molar-refractivity contribution in [2.24, 2.45) is 5.92 Å². The number of rotatable bonds is 2. The van der Waals surface area contributed by atoms with Gasteiger partial charge < -0.3 is 10.2 Å². The molecule has 70 valence electrons. The molecule has 1 aromatic rings. The van der Waals surface area contributed by atoms with Gasteiger partial charge in [-0.1, -0.05) is 18.2 Å². The van der Waals surface area contributed by atoms with Crippen LogP contribution in [-0.2, 0) is 0 Å². The van der Waals surface area contributed by atoms with E-state index >= 15 is 0 Å². The highest BCUT2D eigenvalue weighted by Crippen LogP contribution is 2.44. The summed E-state index contributed by atoms with van der Waals surface area (Å²) in [7, 11) is 0. The van der Waals surface area contributed by atoms with Gasteiger partial charge in [0.15, 0.2) is 0 Å². The van der Waals surface area contributed by atoms with Crippen molar-refractivity contribution in [2.75, 3.05) is 6.61 Å². The maximum atomic E-state index is 9.58. The lowest BCUT2D eigenvalue weighted by Gasteiger charge is -2.35. The fraction of sp³-hybridized carbons (Fsp3) is 0.455. The van der Waals surface area contributed by atoms with Gasteiger partial charge >= 0.3 is 0 Å². The molecule has 0 aromatic heterocycles. The molecule has 0 radical (unpaired) electrons. The smallest absolute Gasteiger partial charge is 0.119 e. The lowest BCUT2D eigenvalue weighted by Crippen LogP contribution is -2.26. The summed E-state index contributed by atoms with van der Waals surface area (Å²) in [5.41, 5.74) is 0.993. The Morgan fingerprint density at radius 3 is 2.54 bits per heavy atom. The summed E-state index contributed by atoms with van der Waals surface area (Å²) >= 11 is 0. The Morgan fingerprint density at radius 2 is 2.00 bits per heavy atom. The third-order valence-electron chi connectivity index (χ3n) is 2.99. The number of hydrogen-bond donors (Lipinski definition) is 2. The average molecular weight is 178 g/mol. The number of hydrogen-bond acceptors (Lipinski definition) is 2. The minimum Gasteiger partial charge on any atom is -0.508 e. The summed E-state index contributed by atoms with van der Waals surface area (Å²) in [4.78, 5) is 0. The third-order valence-corrected chi connectivity index (χ3v) is 2.99. The van der Waals surface area contributed by atoms with Gasteiger partial charge in [0, 0.05) is 6.61 Å². The van der Waals surface area contributed by atoms with E-state index in [1.54, 1.807) is 6.07 Å². The normalized spacial score (nSPS) is 26.8. The first-order chi connectivity index (χ1) is 6.33. The molecular weight excluding hydrogens is 164 g/mol. The van der Waals surface area contributed by atoms with E-state index < -0.39 is 0 Å². The number of aromatic hydroxyl groups is 1. The number of aliphatic hydroxyl groups excluding tert-OH is 1. The van der Waals surface area contributed by atoms with E-state index in [2.05, 4.69) is 0 Å². The van der Waals surface area contributed by atoms with Crippen molar-refractivity contribution < 1.29 is 10.2 Å². The van der Waals surface area contributed by atoms with E-state index in [-0.39, 0.29) is 6.61 Å². The van der Waals surface area contributed by atoms with Crippen LogP contribution in [0.5, 0.6) is 5.75 Å². The molecule has 1 aliphatic rings. The Balaban J connectivity index is 2.21. The molecule has 2 atom stereocenters. The summed E-state index contributed by atoms with van der Waals surface area (Å²) in [6, 6.07) is 7.41. The molecule has 2 heteroatoms. The lowest BCUT2D eigenvalue weighted by molar-refractivity contribution is 0.134. The molecule has 1 aromatic carbocycles. The first-order valence-electron chi connectivity index (χ1n) is 4.71. The van der Waals surface area contributed by atoms with Crippen molar-refractivity contribution in [3.05, 3.63) is 29.8 Å². The Labute approximate surface area is 77.8 Å². The van der Waals surface area contributed by atoms with Crippen LogP contribution in [0.1, 0.15) is 24.3 Å². The summed E-state index contributed by atoms with van der Waals surface area (Å²) in [6.07, 6.45) is 2.16. The highest BCUT2D eigenvalue weighted by Gasteiger charge is 2.32.